The van der Waals surface area contributed by atoms with Crippen LogP contribution in [-0.2, 0) is 16.1 Å². The maximum Gasteiger partial charge on any atom is 0.320 e. The summed E-state index contributed by atoms with van der Waals surface area (Å²) in [6.45, 7) is 4.44. The molecule has 2 N–H and O–H groups in total. The Morgan fingerprint density at radius 3 is 2.75 bits per heavy atom. The van der Waals surface area contributed by atoms with E-state index < -0.39 is 12.0 Å². The second-order valence-corrected chi connectivity index (χ2v) is 7.44. The number of halogens is 1. The van der Waals surface area contributed by atoms with Crippen molar-refractivity contribution in [1.29, 1.82) is 0 Å². The second kappa shape index (κ2) is 10.3. The van der Waals surface area contributed by atoms with Gasteiger partial charge >= 0.3 is 5.97 Å². The van der Waals surface area contributed by atoms with Crippen molar-refractivity contribution in [2.24, 2.45) is 0 Å². The van der Waals surface area contributed by atoms with Crippen molar-refractivity contribution >= 4 is 28.4 Å². The standard InChI is InChI=1S/C23H27FN4O4/c1-14-6-5-7-18(21(14)24)27-22-17-10-16(20(32-4)11-19(17)25-13-26-22)12-28(8-9-31-3)15(2)23(29)30/h5-7,10-11,13,15H,8-9,12H2,1-4H3,(H,29,30)(H,25,26,27). The Hall–Kier alpha value is -3.30. The van der Waals surface area contributed by atoms with Gasteiger partial charge in [-0.2, -0.15) is 0 Å². The van der Waals surface area contributed by atoms with E-state index in [-0.39, 0.29) is 5.82 Å². The Bertz CT molecular complexity index is 1110. The molecule has 9 heteroatoms. The SMILES string of the molecule is COCCN(Cc1cc2c(Nc3cccc(C)c3F)ncnc2cc1OC)C(C)C(=O)O. The Morgan fingerprint density at radius 1 is 1.28 bits per heavy atom. The van der Waals surface area contributed by atoms with Gasteiger partial charge in [-0.05, 0) is 31.5 Å². The van der Waals surface area contributed by atoms with E-state index >= 15 is 0 Å². The first kappa shape index (κ1) is 23.4. The molecule has 32 heavy (non-hydrogen) atoms. The lowest BCUT2D eigenvalue weighted by Crippen LogP contribution is -2.40. The molecule has 3 aromatic rings. The van der Waals surface area contributed by atoms with Crippen molar-refractivity contribution < 1.29 is 23.8 Å². The van der Waals surface area contributed by atoms with Crippen molar-refractivity contribution in [3.05, 3.63) is 53.6 Å². The zero-order chi connectivity index (χ0) is 23.3. The highest BCUT2D eigenvalue weighted by atomic mass is 19.1. The van der Waals surface area contributed by atoms with E-state index in [1.54, 1.807) is 57.2 Å². The third-order valence-corrected chi connectivity index (χ3v) is 5.34. The van der Waals surface area contributed by atoms with Crippen molar-refractivity contribution in [3.63, 3.8) is 0 Å². The number of nitrogens with one attached hydrogen (secondary N) is 1. The molecule has 1 atom stereocenters. The molecule has 0 saturated heterocycles. The second-order valence-electron chi connectivity index (χ2n) is 7.44. The Morgan fingerprint density at radius 2 is 2.06 bits per heavy atom. The molecule has 1 unspecified atom stereocenters. The number of carboxylic acid groups (broad SMARTS) is 1. The number of rotatable bonds is 10. The first-order valence-corrected chi connectivity index (χ1v) is 10.1. The molecule has 0 aliphatic rings. The molecule has 2 aromatic carbocycles. The average molecular weight is 442 g/mol. The maximum absolute atomic E-state index is 14.5. The minimum absolute atomic E-state index is 0.309. The van der Waals surface area contributed by atoms with Gasteiger partial charge < -0.3 is 19.9 Å². The number of methoxy groups -OCH3 is 2. The molecular formula is C23H27FN4O4. The van der Waals surface area contributed by atoms with Gasteiger partial charge in [0.25, 0.3) is 0 Å². The number of hydrogen-bond donors (Lipinski definition) is 2. The summed E-state index contributed by atoms with van der Waals surface area (Å²) in [7, 11) is 3.12. The number of anilines is 2. The maximum atomic E-state index is 14.5. The lowest BCUT2D eigenvalue weighted by molar-refractivity contribution is -0.143. The summed E-state index contributed by atoms with van der Waals surface area (Å²) >= 11 is 0. The van der Waals surface area contributed by atoms with Crippen LogP contribution in [0.1, 0.15) is 18.1 Å². The van der Waals surface area contributed by atoms with Crippen LogP contribution in [0.3, 0.4) is 0 Å². The van der Waals surface area contributed by atoms with Gasteiger partial charge in [0.15, 0.2) is 0 Å². The number of aliphatic carboxylic acids is 1. The van der Waals surface area contributed by atoms with Gasteiger partial charge in [0.05, 0.1) is 24.9 Å². The number of carboxylic acids is 1. The molecule has 0 aliphatic heterocycles. The zero-order valence-corrected chi connectivity index (χ0v) is 18.6. The Labute approximate surface area is 186 Å². The summed E-state index contributed by atoms with van der Waals surface area (Å²) in [4.78, 5) is 22.0. The van der Waals surface area contributed by atoms with Crippen LogP contribution < -0.4 is 10.1 Å². The van der Waals surface area contributed by atoms with Crippen molar-refractivity contribution in [3.8, 4) is 5.75 Å². The highest BCUT2D eigenvalue weighted by molar-refractivity contribution is 5.92. The van der Waals surface area contributed by atoms with Crippen LogP contribution in [-0.4, -0.2) is 59.4 Å². The number of fused-ring (bicyclic) bond motifs is 1. The van der Waals surface area contributed by atoms with Crippen molar-refractivity contribution in [1.82, 2.24) is 14.9 Å². The highest BCUT2D eigenvalue weighted by Gasteiger charge is 2.22. The van der Waals surface area contributed by atoms with Crippen LogP contribution in [0.25, 0.3) is 10.9 Å². The Balaban J connectivity index is 2.03. The molecular weight excluding hydrogens is 415 g/mol. The molecule has 0 spiro atoms. The predicted octanol–water partition coefficient (Wildman–Crippen LogP) is 3.75. The van der Waals surface area contributed by atoms with E-state index in [0.29, 0.717) is 53.4 Å². The fourth-order valence-corrected chi connectivity index (χ4v) is 3.41. The fraction of sp³-hybridized carbons (Fsp3) is 0.348. The summed E-state index contributed by atoms with van der Waals surface area (Å²) < 4.78 is 25.2. The van der Waals surface area contributed by atoms with E-state index in [1.807, 2.05) is 6.07 Å². The van der Waals surface area contributed by atoms with Gasteiger partial charge in [-0.15, -0.1) is 0 Å². The summed E-state index contributed by atoms with van der Waals surface area (Å²) in [5.41, 5.74) is 2.20. The lowest BCUT2D eigenvalue weighted by atomic mass is 10.1. The molecule has 1 aromatic heterocycles. The number of ether oxygens (including phenoxy) is 2. The zero-order valence-electron chi connectivity index (χ0n) is 18.6. The minimum atomic E-state index is -0.929. The molecule has 3 rings (SSSR count). The van der Waals surface area contributed by atoms with Crippen molar-refractivity contribution in [2.75, 3.05) is 32.7 Å². The van der Waals surface area contributed by atoms with E-state index in [1.165, 1.54) is 6.33 Å². The van der Waals surface area contributed by atoms with Gasteiger partial charge in [-0.25, -0.2) is 14.4 Å². The van der Waals surface area contributed by atoms with Gasteiger partial charge in [0.1, 0.15) is 29.8 Å². The van der Waals surface area contributed by atoms with Crippen LogP contribution in [0.15, 0.2) is 36.7 Å². The first-order valence-electron chi connectivity index (χ1n) is 10.1. The molecule has 0 bridgehead atoms. The smallest absolute Gasteiger partial charge is 0.320 e. The number of hydrogen-bond acceptors (Lipinski definition) is 7. The highest BCUT2D eigenvalue weighted by Crippen LogP contribution is 2.31. The molecule has 0 radical (unpaired) electrons. The third-order valence-electron chi connectivity index (χ3n) is 5.34. The van der Waals surface area contributed by atoms with Gasteiger partial charge in [-0.1, -0.05) is 12.1 Å². The lowest BCUT2D eigenvalue weighted by Gasteiger charge is -2.27. The van der Waals surface area contributed by atoms with E-state index in [9.17, 15) is 14.3 Å². The van der Waals surface area contributed by atoms with Crippen LogP contribution in [0.2, 0.25) is 0 Å². The summed E-state index contributed by atoms with van der Waals surface area (Å²) in [6, 6.07) is 7.99. The molecule has 170 valence electrons. The largest absolute Gasteiger partial charge is 0.496 e. The van der Waals surface area contributed by atoms with E-state index in [4.69, 9.17) is 9.47 Å². The minimum Gasteiger partial charge on any atom is -0.496 e. The van der Waals surface area contributed by atoms with Gasteiger partial charge in [0, 0.05) is 37.2 Å². The molecule has 0 amide bonds. The normalized spacial score (nSPS) is 12.2. The first-order chi connectivity index (χ1) is 15.3. The molecule has 0 saturated carbocycles. The Kier molecular flexibility index (Phi) is 7.55. The predicted molar refractivity (Wildman–Crippen MR) is 120 cm³/mol. The quantitative estimate of drug-likeness (QED) is 0.490. The summed E-state index contributed by atoms with van der Waals surface area (Å²) in [6.07, 6.45) is 1.40. The summed E-state index contributed by atoms with van der Waals surface area (Å²) in [5.74, 6) is -0.266. The molecule has 0 fully saturated rings. The van der Waals surface area contributed by atoms with Crippen LogP contribution >= 0.6 is 0 Å². The van der Waals surface area contributed by atoms with Crippen LogP contribution in [0.4, 0.5) is 15.9 Å². The average Bonchev–Trinajstić information content (AvgIpc) is 2.78. The third kappa shape index (κ3) is 5.12. The number of benzene rings is 2. The van der Waals surface area contributed by atoms with Crippen LogP contribution in [0.5, 0.6) is 5.75 Å². The van der Waals surface area contributed by atoms with Crippen molar-refractivity contribution in [2.45, 2.75) is 26.4 Å². The number of aromatic nitrogens is 2. The molecule has 0 aliphatic carbocycles. The van der Waals surface area contributed by atoms with E-state index in [0.717, 1.165) is 5.56 Å². The topological polar surface area (TPSA) is 96.8 Å². The van der Waals surface area contributed by atoms with Crippen LogP contribution in [0, 0.1) is 12.7 Å². The monoisotopic (exact) mass is 442 g/mol. The number of nitrogens with zero attached hydrogens (tertiary/aromatic N) is 3. The summed E-state index contributed by atoms with van der Waals surface area (Å²) in [5, 5.41) is 13.2. The number of aryl methyl sites for hydroxylation is 1. The number of carbonyl (C=O) groups is 1. The van der Waals surface area contributed by atoms with Gasteiger partial charge in [-0.3, -0.25) is 9.69 Å². The molecule has 8 nitrogen and oxygen atoms in total. The molecule has 1 heterocycles. The van der Waals surface area contributed by atoms with Gasteiger partial charge in [0.2, 0.25) is 0 Å². The van der Waals surface area contributed by atoms with E-state index in [2.05, 4.69) is 15.3 Å². The fourth-order valence-electron chi connectivity index (χ4n) is 3.41.